The second kappa shape index (κ2) is 7.79. The minimum absolute atomic E-state index is 0.0236. The first-order chi connectivity index (χ1) is 14.0. The van der Waals surface area contributed by atoms with Crippen molar-refractivity contribution in [2.24, 2.45) is 5.92 Å². The van der Waals surface area contributed by atoms with Crippen LogP contribution in [0, 0.1) is 5.92 Å². The third-order valence-corrected chi connectivity index (χ3v) is 5.61. The zero-order valence-corrected chi connectivity index (χ0v) is 16.6. The Bertz CT molecular complexity index is 903. The highest BCUT2D eigenvalue weighted by atomic mass is 16.5. The van der Waals surface area contributed by atoms with Gasteiger partial charge in [0, 0.05) is 20.2 Å². The van der Waals surface area contributed by atoms with Gasteiger partial charge in [-0.25, -0.2) is 14.3 Å². The van der Waals surface area contributed by atoms with E-state index in [0.29, 0.717) is 24.6 Å². The first kappa shape index (κ1) is 19.3. The van der Waals surface area contributed by atoms with Crippen LogP contribution in [0.25, 0.3) is 0 Å². The molecule has 3 aliphatic rings. The molecule has 3 heterocycles. The van der Waals surface area contributed by atoms with E-state index in [-0.39, 0.29) is 17.9 Å². The molecule has 1 N–H and O–H groups in total. The van der Waals surface area contributed by atoms with E-state index in [2.05, 4.69) is 5.32 Å². The fraction of sp³-hybridized carbons (Fsp3) is 0.429. The van der Waals surface area contributed by atoms with E-state index in [1.807, 2.05) is 30.3 Å². The summed E-state index contributed by atoms with van der Waals surface area (Å²) in [7, 11) is 3.09. The Morgan fingerprint density at radius 1 is 1.21 bits per heavy atom. The van der Waals surface area contributed by atoms with Crippen LogP contribution in [0.4, 0.5) is 4.79 Å². The molecule has 0 saturated carbocycles. The first-order valence-electron chi connectivity index (χ1n) is 9.82. The first-order valence-corrected chi connectivity index (χ1v) is 9.82. The molecule has 0 spiro atoms. The lowest BCUT2D eigenvalue weighted by Crippen LogP contribution is -2.57. The molecule has 29 heavy (non-hydrogen) atoms. The molecule has 4 rings (SSSR count). The summed E-state index contributed by atoms with van der Waals surface area (Å²) in [5.41, 5.74) is 1.36. The number of nitrogens with one attached hydrogen (secondary N) is 1. The van der Waals surface area contributed by atoms with Gasteiger partial charge >= 0.3 is 6.03 Å². The smallest absolute Gasteiger partial charge is 0.376 e. The van der Waals surface area contributed by atoms with Crippen LogP contribution < -0.4 is 5.32 Å². The van der Waals surface area contributed by atoms with Crippen LogP contribution in [0.15, 0.2) is 42.1 Å². The molecule has 0 aromatic heterocycles. The van der Waals surface area contributed by atoms with Gasteiger partial charge in [-0.3, -0.25) is 9.59 Å². The van der Waals surface area contributed by atoms with Gasteiger partial charge in [-0.1, -0.05) is 30.3 Å². The second-order valence-electron chi connectivity index (χ2n) is 7.54. The molecular weight excluding hydrogens is 372 g/mol. The van der Waals surface area contributed by atoms with Gasteiger partial charge in [-0.15, -0.1) is 0 Å². The van der Waals surface area contributed by atoms with Gasteiger partial charge in [0.15, 0.2) is 11.6 Å². The summed E-state index contributed by atoms with van der Waals surface area (Å²) in [4.78, 5) is 40.8. The molecule has 3 aliphatic heterocycles. The quantitative estimate of drug-likeness (QED) is 0.750. The lowest BCUT2D eigenvalue weighted by atomic mass is 10.0. The van der Waals surface area contributed by atoms with Gasteiger partial charge in [0.2, 0.25) is 0 Å². The highest BCUT2D eigenvalue weighted by Crippen LogP contribution is 2.27. The lowest BCUT2D eigenvalue weighted by Gasteiger charge is -2.27. The van der Waals surface area contributed by atoms with Gasteiger partial charge < -0.3 is 10.1 Å². The number of hydrogen-bond acceptors (Lipinski definition) is 4. The van der Waals surface area contributed by atoms with E-state index in [1.54, 1.807) is 17.7 Å². The summed E-state index contributed by atoms with van der Waals surface area (Å²) in [5, 5.41) is 2.93. The molecule has 152 valence electrons. The summed E-state index contributed by atoms with van der Waals surface area (Å²) in [6, 6.07) is 9.26. The molecule has 1 aromatic rings. The van der Waals surface area contributed by atoms with Crippen LogP contribution in [0.2, 0.25) is 0 Å². The minimum atomic E-state index is -0.658. The van der Waals surface area contributed by atoms with Crippen molar-refractivity contribution < 1.29 is 23.7 Å². The molecule has 2 atom stereocenters. The van der Waals surface area contributed by atoms with Crippen LogP contribution in [-0.2, 0) is 20.9 Å². The fourth-order valence-electron chi connectivity index (χ4n) is 4.04. The summed E-state index contributed by atoms with van der Waals surface area (Å²) in [6.07, 6.45) is 3.60. The number of ether oxygens (including phenoxy) is 1. The second-order valence-corrected chi connectivity index (χ2v) is 7.54. The zero-order chi connectivity index (χ0) is 20.5. The monoisotopic (exact) mass is 397 g/mol. The SMILES string of the molecule is CN1C(=O)C2C=C(C(=O)NCC3CCCO3)[N+](Cc3ccccc3)=C2N(C)C1=O. The third-order valence-electron chi connectivity index (χ3n) is 5.61. The Labute approximate surface area is 169 Å². The Balaban J connectivity index is 1.66. The molecule has 8 nitrogen and oxygen atoms in total. The highest BCUT2D eigenvalue weighted by molar-refractivity contribution is 6.19. The van der Waals surface area contributed by atoms with E-state index in [0.717, 1.165) is 29.9 Å². The number of benzene rings is 1. The van der Waals surface area contributed by atoms with Crippen molar-refractivity contribution in [2.75, 3.05) is 27.2 Å². The maximum absolute atomic E-state index is 13.0. The molecule has 8 heteroatoms. The molecule has 2 saturated heterocycles. The number of hydrogen-bond donors (Lipinski definition) is 1. The number of fused-ring (bicyclic) bond motifs is 1. The predicted molar refractivity (Wildman–Crippen MR) is 105 cm³/mol. The fourth-order valence-corrected chi connectivity index (χ4v) is 4.04. The van der Waals surface area contributed by atoms with Gasteiger partial charge in [-0.2, -0.15) is 4.90 Å². The molecule has 0 radical (unpaired) electrons. The van der Waals surface area contributed by atoms with Crippen molar-refractivity contribution in [1.29, 1.82) is 0 Å². The Morgan fingerprint density at radius 3 is 2.66 bits per heavy atom. The average Bonchev–Trinajstić information content (AvgIpc) is 3.38. The summed E-state index contributed by atoms with van der Waals surface area (Å²) in [5.74, 6) is -0.739. The normalized spacial score (nSPS) is 24.1. The summed E-state index contributed by atoms with van der Waals surface area (Å²) in [6.45, 7) is 1.54. The Morgan fingerprint density at radius 2 is 1.97 bits per heavy atom. The van der Waals surface area contributed by atoms with Crippen molar-refractivity contribution in [3.63, 3.8) is 0 Å². The predicted octanol–water partition coefficient (Wildman–Crippen LogP) is 0.930. The van der Waals surface area contributed by atoms with E-state index in [1.165, 1.54) is 11.9 Å². The van der Waals surface area contributed by atoms with Crippen LogP contribution in [0.1, 0.15) is 18.4 Å². The largest absolute Gasteiger partial charge is 0.417 e. The van der Waals surface area contributed by atoms with Crippen molar-refractivity contribution in [3.8, 4) is 0 Å². The maximum Gasteiger partial charge on any atom is 0.417 e. The van der Waals surface area contributed by atoms with Crippen molar-refractivity contribution in [2.45, 2.75) is 25.5 Å². The summed E-state index contributed by atoms with van der Waals surface area (Å²) < 4.78 is 7.35. The van der Waals surface area contributed by atoms with Gasteiger partial charge in [0.05, 0.1) is 13.2 Å². The maximum atomic E-state index is 13.0. The van der Waals surface area contributed by atoms with Gasteiger partial charge in [0.1, 0.15) is 6.54 Å². The van der Waals surface area contributed by atoms with E-state index < -0.39 is 11.9 Å². The minimum Gasteiger partial charge on any atom is -0.376 e. The number of carbonyl (C=O) groups excluding carboxylic acids is 3. The molecule has 4 amide bonds. The number of nitrogens with zero attached hydrogens (tertiary/aromatic N) is 3. The lowest BCUT2D eigenvalue weighted by molar-refractivity contribution is -0.490. The molecule has 1 aromatic carbocycles. The number of amides is 4. The van der Waals surface area contributed by atoms with E-state index >= 15 is 0 Å². The van der Waals surface area contributed by atoms with Crippen molar-refractivity contribution in [1.82, 2.24) is 15.1 Å². The average molecular weight is 397 g/mol. The van der Waals surface area contributed by atoms with Gasteiger partial charge in [-0.05, 0) is 24.5 Å². The third kappa shape index (κ3) is 3.55. The number of urea groups is 1. The summed E-state index contributed by atoms with van der Waals surface area (Å²) >= 11 is 0. The highest BCUT2D eigenvalue weighted by Gasteiger charge is 2.51. The van der Waals surface area contributed by atoms with Gasteiger partial charge in [0.25, 0.3) is 17.6 Å². The van der Waals surface area contributed by atoms with Crippen LogP contribution in [-0.4, -0.2) is 71.4 Å². The van der Waals surface area contributed by atoms with E-state index in [9.17, 15) is 14.4 Å². The zero-order valence-electron chi connectivity index (χ0n) is 16.6. The van der Waals surface area contributed by atoms with Crippen molar-refractivity contribution >= 4 is 23.7 Å². The molecule has 0 bridgehead atoms. The van der Waals surface area contributed by atoms with E-state index in [4.69, 9.17) is 4.74 Å². The molecule has 2 unspecified atom stereocenters. The Kier molecular flexibility index (Phi) is 5.19. The van der Waals surface area contributed by atoms with Crippen LogP contribution in [0.5, 0.6) is 0 Å². The number of rotatable bonds is 5. The molecule has 0 aliphatic carbocycles. The van der Waals surface area contributed by atoms with Crippen LogP contribution in [0.3, 0.4) is 0 Å². The molecular formula is C21H25N4O4+. The standard InChI is InChI=1S/C21H24N4O4/c1-23-19-16(20(27)24(2)21(23)28)11-17(18(26)22-12-15-9-6-10-29-15)25(19)13-14-7-4-3-5-8-14/h3-5,7-8,11,15-16H,6,9-10,12-13H2,1-2H3/p+1. The topological polar surface area (TPSA) is 82.0 Å². The molecule has 2 fully saturated rings. The van der Waals surface area contributed by atoms with Crippen molar-refractivity contribution in [3.05, 3.63) is 47.7 Å². The number of imide groups is 1. The number of amidine groups is 1. The van der Waals surface area contributed by atoms with Crippen LogP contribution >= 0.6 is 0 Å². The Hall–Kier alpha value is -3.00. The number of carbonyl (C=O) groups is 3.